The third kappa shape index (κ3) is 7.97. The van der Waals surface area contributed by atoms with Crippen molar-refractivity contribution in [1.29, 1.82) is 0 Å². The number of nitrogens with zero attached hydrogens (tertiary/aromatic N) is 6. The summed E-state index contributed by atoms with van der Waals surface area (Å²) in [6.07, 6.45) is -2.59. The summed E-state index contributed by atoms with van der Waals surface area (Å²) in [6.45, 7) is 7.73. The molecule has 242 valence electrons. The molecule has 18 heteroatoms. The molecule has 3 aromatic rings. The van der Waals surface area contributed by atoms with Crippen LogP contribution >= 0.6 is 0 Å². The summed E-state index contributed by atoms with van der Waals surface area (Å²) in [4.78, 5) is 39.7. The topological polar surface area (TPSA) is 147 Å². The number of carboxylic acid groups (broad SMARTS) is 2. The van der Waals surface area contributed by atoms with Crippen LogP contribution in [-0.2, 0) is 40.1 Å². The van der Waals surface area contributed by atoms with Crippen LogP contribution in [-0.4, -0.2) is 89.2 Å². The fourth-order valence-electron chi connectivity index (χ4n) is 5.12. The van der Waals surface area contributed by atoms with Gasteiger partial charge in [0.05, 0.1) is 24.6 Å². The summed E-state index contributed by atoms with van der Waals surface area (Å²) < 4.78 is 73.3. The molecule has 1 saturated heterocycles. The zero-order valence-corrected chi connectivity index (χ0v) is 23.8. The number of imidazole rings is 1. The number of aryl methyl sites for hydroxylation is 2. The maximum atomic E-state index is 12.6. The van der Waals surface area contributed by atoms with Crippen molar-refractivity contribution in [3.63, 3.8) is 0 Å². The predicted molar refractivity (Wildman–Crippen MR) is 139 cm³/mol. The number of carboxylic acids is 2. The van der Waals surface area contributed by atoms with Crippen LogP contribution in [0.15, 0.2) is 35.1 Å². The van der Waals surface area contributed by atoms with E-state index in [1.807, 2.05) is 43.3 Å². The first-order chi connectivity index (χ1) is 20.3. The first-order valence-corrected chi connectivity index (χ1v) is 13.1. The van der Waals surface area contributed by atoms with Gasteiger partial charge < -0.3 is 24.1 Å². The highest BCUT2D eigenvalue weighted by molar-refractivity contribution is 5.75. The van der Waals surface area contributed by atoms with Crippen LogP contribution in [0.4, 0.5) is 26.3 Å². The molecule has 1 fully saturated rings. The second kappa shape index (κ2) is 13.1. The van der Waals surface area contributed by atoms with E-state index in [4.69, 9.17) is 29.2 Å². The van der Waals surface area contributed by atoms with E-state index < -0.39 is 24.3 Å². The number of alkyl halides is 6. The van der Waals surface area contributed by atoms with Crippen LogP contribution in [0.25, 0.3) is 11.3 Å². The molecule has 3 aromatic heterocycles. The lowest BCUT2D eigenvalue weighted by Crippen LogP contribution is -2.59. The smallest absolute Gasteiger partial charge is 0.475 e. The summed E-state index contributed by atoms with van der Waals surface area (Å²) >= 11 is 0. The van der Waals surface area contributed by atoms with E-state index in [0.29, 0.717) is 6.54 Å². The van der Waals surface area contributed by atoms with E-state index in [1.165, 1.54) is 0 Å². The number of aromatic nitrogens is 4. The molecule has 0 bridgehead atoms. The van der Waals surface area contributed by atoms with Gasteiger partial charge in [0.15, 0.2) is 0 Å². The van der Waals surface area contributed by atoms with E-state index in [-0.39, 0.29) is 11.4 Å². The summed E-state index contributed by atoms with van der Waals surface area (Å²) in [7, 11) is 1.92. The van der Waals surface area contributed by atoms with Crippen LogP contribution < -0.4 is 0 Å². The average Bonchev–Trinajstić information content (AvgIpc) is 3.65. The molecule has 1 spiro atoms. The lowest BCUT2D eigenvalue weighted by atomic mass is 9.83. The van der Waals surface area contributed by atoms with Crippen molar-refractivity contribution in [1.82, 2.24) is 29.1 Å². The lowest BCUT2D eigenvalue weighted by molar-refractivity contribution is -0.193. The van der Waals surface area contributed by atoms with Crippen molar-refractivity contribution in [2.75, 3.05) is 19.6 Å². The first kappa shape index (κ1) is 34.1. The normalized spacial score (nSPS) is 16.3. The number of rotatable bonds is 3. The number of furan rings is 1. The van der Waals surface area contributed by atoms with Crippen LogP contribution in [0.2, 0.25) is 0 Å². The number of piperidine rings is 1. The fraction of sp³-hybridized carbons (Fsp3) is 0.500. The number of amides is 1. The number of fused-ring (bicyclic) bond motifs is 2. The van der Waals surface area contributed by atoms with Gasteiger partial charge in [0, 0.05) is 51.9 Å². The Kier molecular flexibility index (Phi) is 10.2. The number of likely N-dealkylation sites (tertiary alicyclic amines) is 1. The monoisotopic (exact) mass is 636 g/mol. The van der Waals surface area contributed by atoms with Crippen molar-refractivity contribution < 1.29 is 55.4 Å². The van der Waals surface area contributed by atoms with E-state index in [0.717, 1.165) is 67.6 Å². The number of carbonyl (C=O) groups is 3. The minimum absolute atomic E-state index is 0.127. The summed E-state index contributed by atoms with van der Waals surface area (Å²) in [5.74, 6) is -2.44. The average molecular weight is 637 g/mol. The van der Waals surface area contributed by atoms with Gasteiger partial charge in [-0.15, -0.1) is 0 Å². The molecule has 5 rings (SSSR count). The predicted octanol–water partition coefficient (Wildman–Crippen LogP) is 3.81. The number of hydrogen-bond acceptors (Lipinski definition) is 7. The van der Waals surface area contributed by atoms with Crippen molar-refractivity contribution in [2.45, 2.75) is 57.7 Å². The Balaban J connectivity index is 0.000000317. The van der Waals surface area contributed by atoms with Crippen molar-refractivity contribution in [2.24, 2.45) is 7.05 Å². The standard InChI is InChI=1S/C22H28N6O2.2C2HF3O2/c1-16-4-5-19(30-16)15-26-8-6-22(7-9-26)21-23-13-20(18-12-24-25(3)14-18)27(21)10-11-28(22)17(2)29;2*3-2(4,5)1(6)7/h4-5,12-14H,6-11,15H2,1-3H3;2*(H,6,7). The quantitative estimate of drug-likeness (QED) is 0.410. The van der Waals surface area contributed by atoms with Gasteiger partial charge in [-0.3, -0.25) is 14.4 Å². The number of hydrogen-bond donors (Lipinski definition) is 2. The van der Waals surface area contributed by atoms with Crippen LogP contribution in [0.5, 0.6) is 0 Å². The molecule has 0 radical (unpaired) electrons. The highest BCUT2D eigenvalue weighted by Crippen LogP contribution is 2.42. The molecule has 2 aliphatic rings. The van der Waals surface area contributed by atoms with Gasteiger partial charge in [0.1, 0.15) is 22.9 Å². The third-order valence-corrected chi connectivity index (χ3v) is 7.06. The maximum absolute atomic E-state index is 12.6. The van der Waals surface area contributed by atoms with Gasteiger partial charge >= 0.3 is 24.3 Å². The Morgan fingerprint density at radius 3 is 1.95 bits per heavy atom. The van der Waals surface area contributed by atoms with Gasteiger partial charge in [-0.2, -0.15) is 31.4 Å². The molecule has 0 atom stereocenters. The molecule has 1 amide bonds. The Morgan fingerprint density at radius 1 is 0.955 bits per heavy atom. The largest absolute Gasteiger partial charge is 0.490 e. The highest BCUT2D eigenvalue weighted by Gasteiger charge is 2.48. The lowest BCUT2D eigenvalue weighted by Gasteiger charge is -2.50. The second-order valence-electron chi connectivity index (χ2n) is 10.1. The molecule has 0 unspecified atom stereocenters. The van der Waals surface area contributed by atoms with Crippen molar-refractivity contribution >= 4 is 17.8 Å². The van der Waals surface area contributed by atoms with Crippen LogP contribution in [0.1, 0.15) is 37.1 Å². The van der Waals surface area contributed by atoms with Gasteiger partial charge in [-0.05, 0) is 31.9 Å². The van der Waals surface area contributed by atoms with E-state index in [1.54, 1.807) is 6.92 Å². The van der Waals surface area contributed by atoms with Crippen LogP contribution in [0, 0.1) is 6.92 Å². The molecule has 12 nitrogen and oxygen atoms in total. The highest BCUT2D eigenvalue weighted by atomic mass is 19.4. The molecule has 0 aromatic carbocycles. The van der Waals surface area contributed by atoms with Crippen LogP contribution in [0.3, 0.4) is 0 Å². The van der Waals surface area contributed by atoms with Crippen molar-refractivity contribution in [3.05, 3.63) is 48.1 Å². The van der Waals surface area contributed by atoms with Gasteiger partial charge in [0.25, 0.3) is 0 Å². The molecule has 0 aliphatic carbocycles. The Morgan fingerprint density at radius 2 is 1.52 bits per heavy atom. The molecular weight excluding hydrogens is 606 g/mol. The van der Waals surface area contributed by atoms with Crippen molar-refractivity contribution in [3.8, 4) is 11.3 Å². The number of aliphatic carboxylic acids is 2. The molecule has 2 aliphatic heterocycles. The zero-order valence-electron chi connectivity index (χ0n) is 23.8. The Hall–Kier alpha value is -4.35. The summed E-state index contributed by atoms with van der Waals surface area (Å²) in [6, 6.07) is 4.06. The van der Waals surface area contributed by atoms with E-state index >= 15 is 0 Å². The SMILES string of the molecule is CC(=O)N1CCn2c(-c3cnn(C)c3)cnc2C12CCN(Cc1ccc(C)o1)CC2.O=C(O)C(F)(F)F.O=C(O)C(F)(F)F. The fourth-order valence-corrected chi connectivity index (χ4v) is 5.12. The third-order valence-electron chi connectivity index (χ3n) is 7.06. The second-order valence-corrected chi connectivity index (χ2v) is 10.1. The molecule has 2 N–H and O–H groups in total. The minimum Gasteiger partial charge on any atom is -0.475 e. The van der Waals surface area contributed by atoms with E-state index in [2.05, 4.69) is 25.5 Å². The van der Waals surface area contributed by atoms with Gasteiger partial charge in [0.2, 0.25) is 5.91 Å². The Labute approximate surface area is 246 Å². The molecule has 44 heavy (non-hydrogen) atoms. The van der Waals surface area contributed by atoms with E-state index in [9.17, 15) is 31.1 Å². The molecular formula is C26H30F6N6O6. The van der Waals surface area contributed by atoms with Gasteiger partial charge in [-0.25, -0.2) is 14.6 Å². The molecule has 5 heterocycles. The maximum Gasteiger partial charge on any atom is 0.490 e. The summed E-state index contributed by atoms with van der Waals surface area (Å²) in [5.41, 5.74) is 1.79. The number of halogens is 6. The minimum atomic E-state index is -5.08. The number of carbonyl (C=O) groups excluding carboxylic acids is 1. The van der Waals surface area contributed by atoms with Gasteiger partial charge in [-0.1, -0.05) is 0 Å². The first-order valence-electron chi connectivity index (χ1n) is 13.1. The molecule has 0 saturated carbocycles. The summed E-state index contributed by atoms with van der Waals surface area (Å²) in [5, 5.41) is 18.6. The Bertz CT molecular complexity index is 1440. The zero-order chi connectivity index (χ0) is 33.0.